The molecule has 0 fully saturated rings. The van der Waals surface area contributed by atoms with Crippen molar-refractivity contribution in [1.29, 1.82) is 0 Å². The van der Waals surface area contributed by atoms with Crippen LogP contribution in [0.5, 0.6) is 0 Å². The SMILES string of the molecule is COCCOCCOC(C)=O.O=C(O)Cc1ccccc1. The average molecular weight is 298 g/mol. The van der Waals surface area contributed by atoms with Crippen LogP contribution in [0.3, 0.4) is 0 Å². The molecule has 21 heavy (non-hydrogen) atoms. The highest BCUT2D eigenvalue weighted by molar-refractivity contribution is 5.70. The number of esters is 1. The van der Waals surface area contributed by atoms with Gasteiger partial charge in [-0.3, -0.25) is 9.59 Å². The van der Waals surface area contributed by atoms with Gasteiger partial charge >= 0.3 is 11.9 Å². The van der Waals surface area contributed by atoms with E-state index in [0.29, 0.717) is 26.4 Å². The summed E-state index contributed by atoms with van der Waals surface area (Å²) in [6, 6.07) is 9.13. The molecule has 0 saturated carbocycles. The molecule has 0 saturated heterocycles. The second-order valence-electron chi connectivity index (χ2n) is 4.00. The number of carbonyl (C=O) groups excluding carboxylic acids is 1. The summed E-state index contributed by atoms with van der Waals surface area (Å²) in [5.41, 5.74) is 0.843. The van der Waals surface area contributed by atoms with Crippen LogP contribution in [0.4, 0.5) is 0 Å². The Balaban J connectivity index is 0.000000382. The summed E-state index contributed by atoms with van der Waals surface area (Å²) >= 11 is 0. The largest absolute Gasteiger partial charge is 0.481 e. The van der Waals surface area contributed by atoms with E-state index in [1.807, 2.05) is 18.2 Å². The third kappa shape index (κ3) is 14.3. The van der Waals surface area contributed by atoms with Crippen molar-refractivity contribution >= 4 is 11.9 Å². The van der Waals surface area contributed by atoms with Gasteiger partial charge in [0.05, 0.1) is 26.2 Å². The molecule has 1 aromatic rings. The maximum Gasteiger partial charge on any atom is 0.307 e. The molecule has 0 aromatic heterocycles. The van der Waals surface area contributed by atoms with Crippen LogP contribution >= 0.6 is 0 Å². The van der Waals surface area contributed by atoms with Crippen LogP contribution in [-0.4, -0.2) is 50.6 Å². The number of benzene rings is 1. The number of aliphatic carboxylic acids is 1. The van der Waals surface area contributed by atoms with Crippen LogP contribution in [-0.2, 0) is 30.2 Å². The Labute approximate surface area is 124 Å². The molecular weight excluding hydrogens is 276 g/mol. The molecule has 0 bridgehead atoms. The van der Waals surface area contributed by atoms with Crippen LogP contribution in [0.15, 0.2) is 30.3 Å². The lowest BCUT2D eigenvalue weighted by molar-refractivity contribution is -0.142. The Morgan fingerprint density at radius 2 is 1.67 bits per heavy atom. The zero-order valence-corrected chi connectivity index (χ0v) is 12.4. The van der Waals surface area contributed by atoms with Gasteiger partial charge in [0.25, 0.3) is 0 Å². The summed E-state index contributed by atoms with van der Waals surface area (Å²) in [4.78, 5) is 20.4. The van der Waals surface area contributed by atoms with E-state index in [1.165, 1.54) is 6.92 Å². The highest BCUT2D eigenvalue weighted by atomic mass is 16.6. The molecule has 0 amide bonds. The Bertz CT molecular complexity index is 390. The first-order valence-electron chi connectivity index (χ1n) is 6.52. The zero-order valence-electron chi connectivity index (χ0n) is 12.4. The Morgan fingerprint density at radius 3 is 2.19 bits per heavy atom. The lowest BCUT2D eigenvalue weighted by Crippen LogP contribution is -2.10. The number of hydrogen-bond acceptors (Lipinski definition) is 5. The van der Waals surface area contributed by atoms with E-state index < -0.39 is 5.97 Å². The molecule has 0 atom stereocenters. The quantitative estimate of drug-likeness (QED) is 0.579. The average Bonchev–Trinajstić information content (AvgIpc) is 2.43. The molecule has 0 aliphatic carbocycles. The van der Waals surface area contributed by atoms with Crippen LogP contribution in [0.2, 0.25) is 0 Å². The fourth-order valence-corrected chi connectivity index (χ4v) is 1.26. The Kier molecular flexibility index (Phi) is 11.9. The number of methoxy groups -OCH3 is 1. The summed E-state index contributed by atoms with van der Waals surface area (Å²) in [5, 5.41) is 8.37. The van der Waals surface area contributed by atoms with Gasteiger partial charge in [-0.2, -0.15) is 0 Å². The van der Waals surface area contributed by atoms with Crippen molar-refractivity contribution in [2.75, 3.05) is 33.5 Å². The number of hydrogen-bond donors (Lipinski definition) is 1. The van der Waals surface area contributed by atoms with E-state index in [2.05, 4.69) is 4.74 Å². The van der Waals surface area contributed by atoms with E-state index in [9.17, 15) is 9.59 Å². The monoisotopic (exact) mass is 298 g/mol. The molecule has 1 aromatic carbocycles. The van der Waals surface area contributed by atoms with E-state index in [4.69, 9.17) is 14.6 Å². The normalized spacial score (nSPS) is 9.43. The third-order valence-electron chi connectivity index (χ3n) is 2.16. The Morgan fingerprint density at radius 1 is 1.05 bits per heavy atom. The second-order valence-corrected chi connectivity index (χ2v) is 4.00. The van der Waals surface area contributed by atoms with Gasteiger partial charge in [-0.15, -0.1) is 0 Å². The molecule has 6 nitrogen and oxygen atoms in total. The van der Waals surface area contributed by atoms with Crippen molar-refractivity contribution in [3.05, 3.63) is 35.9 Å². The summed E-state index contributed by atoms with van der Waals surface area (Å²) in [7, 11) is 1.61. The zero-order chi connectivity index (χ0) is 15.9. The van der Waals surface area contributed by atoms with Crippen LogP contribution < -0.4 is 0 Å². The van der Waals surface area contributed by atoms with Gasteiger partial charge in [0.15, 0.2) is 0 Å². The van der Waals surface area contributed by atoms with E-state index in [1.54, 1.807) is 19.2 Å². The predicted molar refractivity (Wildman–Crippen MR) is 77.1 cm³/mol. The first-order chi connectivity index (χ1) is 10.1. The van der Waals surface area contributed by atoms with Crippen molar-refractivity contribution < 1.29 is 28.9 Å². The minimum Gasteiger partial charge on any atom is -0.481 e. The van der Waals surface area contributed by atoms with Crippen molar-refractivity contribution in [2.24, 2.45) is 0 Å². The smallest absolute Gasteiger partial charge is 0.307 e. The molecule has 1 N–H and O–H groups in total. The highest BCUT2D eigenvalue weighted by Crippen LogP contribution is 1.98. The van der Waals surface area contributed by atoms with E-state index >= 15 is 0 Å². The number of carboxylic acid groups (broad SMARTS) is 1. The molecule has 0 radical (unpaired) electrons. The minimum atomic E-state index is -0.786. The van der Waals surface area contributed by atoms with Crippen LogP contribution in [0, 0.1) is 0 Å². The summed E-state index contributed by atoms with van der Waals surface area (Å²) < 4.78 is 14.4. The van der Waals surface area contributed by atoms with Crippen molar-refractivity contribution in [1.82, 2.24) is 0 Å². The van der Waals surface area contributed by atoms with Crippen molar-refractivity contribution in [2.45, 2.75) is 13.3 Å². The molecule has 1 rings (SSSR count). The summed E-state index contributed by atoms with van der Waals surface area (Å²) in [6.45, 7) is 3.23. The lowest BCUT2D eigenvalue weighted by Gasteiger charge is -2.02. The number of rotatable bonds is 8. The van der Waals surface area contributed by atoms with Crippen LogP contribution in [0.25, 0.3) is 0 Å². The third-order valence-corrected chi connectivity index (χ3v) is 2.16. The molecule has 0 heterocycles. The van der Waals surface area contributed by atoms with Gasteiger partial charge in [-0.05, 0) is 5.56 Å². The summed E-state index contributed by atoms with van der Waals surface area (Å²) in [6.07, 6.45) is 0.112. The predicted octanol–water partition coefficient (Wildman–Crippen LogP) is 1.53. The standard InChI is InChI=1S/C8H8O2.C7H14O4/c9-8(10)6-7-4-2-1-3-5-7;1-7(8)11-6-5-10-4-3-9-2/h1-5H,6H2,(H,9,10);3-6H2,1-2H3. The number of carboxylic acids is 1. The fourth-order valence-electron chi connectivity index (χ4n) is 1.26. The molecule has 0 aliphatic heterocycles. The molecule has 0 unspecified atom stereocenters. The topological polar surface area (TPSA) is 82.1 Å². The molecular formula is C15H22O6. The molecule has 118 valence electrons. The van der Waals surface area contributed by atoms with Crippen LogP contribution in [0.1, 0.15) is 12.5 Å². The minimum absolute atomic E-state index is 0.112. The Hall–Kier alpha value is -1.92. The van der Waals surface area contributed by atoms with E-state index in [0.717, 1.165) is 5.56 Å². The van der Waals surface area contributed by atoms with E-state index in [-0.39, 0.29) is 12.4 Å². The van der Waals surface area contributed by atoms with Gasteiger partial charge in [0.2, 0.25) is 0 Å². The summed E-state index contributed by atoms with van der Waals surface area (Å²) in [5.74, 6) is -1.06. The van der Waals surface area contributed by atoms with Gasteiger partial charge in [0.1, 0.15) is 6.61 Å². The lowest BCUT2D eigenvalue weighted by atomic mass is 10.2. The highest BCUT2D eigenvalue weighted by Gasteiger charge is 1.96. The molecule has 0 spiro atoms. The molecule has 6 heteroatoms. The van der Waals surface area contributed by atoms with Gasteiger partial charge in [-0.1, -0.05) is 30.3 Å². The number of carbonyl (C=O) groups is 2. The van der Waals surface area contributed by atoms with Gasteiger partial charge < -0.3 is 19.3 Å². The first kappa shape index (κ1) is 19.1. The number of ether oxygens (including phenoxy) is 3. The first-order valence-corrected chi connectivity index (χ1v) is 6.52. The van der Waals surface area contributed by atoms with Gasteiger partial charge in [0, 0.05) is 14.0 Å². The second kappa shape index (κ2) is 13.1. The fraction of sp³-hybridized carbons (Fsp3) is 0.467. The van der Waals surface area contributed by atoms with Crippen molar-refractivity contribution in [3.63, 3.8) is 0 Å². The maximum atomic E-state index is 10.2. The molecule has 0 aliphatic rings. The maximum absolute atomic E-state index is 10.2. The van der Waals surface area contributed by atoms with Gasteiger partial charge in [-0.25, -0.2) is 0 Å². The van der Waals surface area contributed by atoms with Crippen molar-refractivity contribution in [3.8, 4) is 0 Å².